The zero-order chi connectivity index (χ0) is 21.0. The van der Waals surface area contributed by atoms with E-state index in [9.17, 15) is 0 Å². The van der Waals surface area contributed by atoms with Gasteiger partial charge in [0.25, 0.3) is 0 Å². The van der Waals surface area contributed by atoms with E-state index in [1.54, 1.807) is 0 Å². The maximum atomic E-state index is 6.12. The number of rotatable bonds is 7. The van der Waals surface area contributed by atoms with Crippen LogP contribution in [0.5, 0.6) is 5.75 Å². The van der Waals surface area contributed by atoms with Gasteiger partial charge in [-0.25, -0.2) is 0 Å². The number of ether oxygens (including phenoxy) is 2. The van der Waals surface area contributed by atoms with Crippen molar-refractivity contribution in [3.63, 3.8) is 0 Å². The average Bonchev–Trinajstić information content (AvgIpc) is 2.69. The number of hydrogen-bond donors (Lipinski definition) is 0. The van der Waals surface area contributed by atoms with Gasteiger partial charge in [0.15, 0.2) is 0 Å². The van der Waals surface area contributed by atoms with Crippen LogP contribution in [-0.4, -0.2) is 41.8 Å². The van der Waals surface area contributed by atoms with Crippen LogP contribution in [-0.2, 0) is 24.1 Å². The third kappa shape index (κ3) is 4.99. The maximum absolute atomic E-state index is 6.12. The molecule has 0 bridgehead atoms. The predicted octanol–water partition coefficient (Wildman–Crippen LogP) is 5.19. The summed E-state index contributed by atoms with van der Waals surface area (Å²) in [7, 11) is 0. The van der Waals surface area contributed by atoms with Gasteiger partial charge in [-0.05, 0) is 51.7 Å². The molecule has 1 aliphatic rings. The van der Waals surface area contributed by atoms with Crippen molar-refractivity contribution in [3.05, 3.63) is 46.6 Å². The molecule has 158 valence electrons. The van der Waals surface area contributed by atoms with Crippen LogP contribution in [0, 0.1) is 6.92 Å². The molecule has 1 aromatic heterocycles. The lowest BCUT2D eigenvalue weighted by molar-refractivity contribution is -0.0707. The second kappa shape index (κ2) is 9.73. The van der Waals surface area contributed by atoms with E-state index in [0.29, 0.717) is 6.61 Å². The highest BCUT2D eigenvalue weighted by molar-refractivity contribution is 5.70. The number of hydrogen-bond acceptors (Lipinski definition) is 4. The minimum Gasteiger partial charge on any atom is -0.493 e. The second-order valence-corrected chi connectivity index (χ2v) is 8.11. The maximum Gasteiger partial charge on any atom is 0.127 e. The van der Waals surface area contributed by atoms with Crippen molar-refractivity contribution in [2.45, 2.75) is 73.1 Å². The number of morpholine rings is 1. The van der Waals surface area contributed by atoms with Gasteiger partial charge in [0.2, 0.25) is 0 Å². The smallest absolute Gasteiger partial charge is 0.127 e. The Hall–Kier alpha value is -1.91. The summed E-state index contributed by atoms with van der Waals surface area (Å²) in [6.45, 7) is 16.3. The van der Waals surface area contributed by atoms with E-state index in [0.717, 1.165) is 49.6 Å². The summed E-state index contributed by atoms with van der Waals surface area (Å²) in [6.07, 6.45) is 2.51. The second-order valence-electron chi connectivity index (χ2n) is 8.11. The van der Waals surface area contributed by atoms with Gasteiger partial charge < -0.3 is 9.47 Å². The lowest BCUT2D eigenvalue weighted by Gasteiger charge is -2.35. The first-order chi connectivity index (χ1) is 14.0. The van der Waals surface area contributed by atoms with Crippen LogP contribution in [0.1, 0.15) is 57.0 Å². The Morgan fingerprint density at radius 1 is 1.07 bits per heavy atom. The third-order valence-electron chi connectivity index (χ3n) is 5.72. The van der Waals surface area contributed by atoms with E-state index in [1.807, 2.05) is 0 Å². The molecule has 4 nitrogen and oxygen atoms in total. The van der Waals surface area contributed by atoms with Gasteiger partial charge in [-0.1, -0.05) is 32.0 Å². The number of benzene rings is 1. The minimum atomic E-state index is 0.255. The molecule has 1 aliphatic heterocycles. The summed E-state index contributed by atoms with van der Waals surface area (Å²) < 4.78 is 12.0. The molecule has 0 radical (unpaired) electrons. The van der Waals surface area contributed by atoms with Crippen molar-refractivity contribution >= 4 is 0 Å². The summed E-state index contributed by atoms with van der Waals surface area (Å²) in [6, 6.07) is 8.76. The average molecular weight is 397 g/mol. The molecule has 0 saturated carbocycles. The van der Waals surface area contributed by atoms with E-state index in [-0.39, 0.29) is 12.2 Å². The van der Waals surface area contributed by atoms with Gasteiger partial charge in [0.1, 0.15) is 5.75 Å². The summed E-state index contributed by atoms with van der Waals surface area (Å²) in [5.41, 5.74) is 7.27. The molecule has 2 heterocycles. The predicted molar refractivity (Wildman–Crippen MR) is 120 cm³/mol. The SMILES string of the molecule is CCOc1cc(-c2c(CC)cccc2CC)nc(C)c1CN1C[C@@H](C)O[C@@H](C)C1. The molecule has 1 fully saturated rings. The Labute approximate surface area is 176 Å². The molecular formula is C25H36N2O2. The van der Waals surface area contributed by atoms with Crippen LogP contribution in [0.2, 0.25) is 0 Å². The first-order valence-corrected chi connectivity index (χ1v) is 11.1. The Balaban J connectivity index is 2.02. The molecule has 0 aliphatic carbocycles. The van der Waals surface area contributed by atoms with E-state index >= 15 is 0 Å². The lowest BCUT2D eigenvalue weighted by atomic mass is 9.94. The Morgan fingerprint density at radius 2 is 1.69 bits per heavy atom. The minimum absolute atomic E-state index is 0.255. The van der Waals surface area contributed by atoms with Crippen LogP contribution < -0.4 is 4.74 Å². The molecule has 1 aromatic carbocycles. The van der Waals surface area contributed by atoms with Crippen LogP contribution in [0.15, 0.2) is 24.3 Å². The molecule has 4 heteroatoms. The Morgan fingerprint density at radius 3 is 2.24 bits per heavy atom. The number of aryl methyl sites for hydroxylation is 3. The molecule has 2 atom stereocenters. The highest BCUT2D eigenvalue weighted by Crippen LogP contribution is 2.33. The molecule has 2 aromatic rings. The van der Waals surface area contributed by atoms with Crippen molar-refractivity contribution < 1.29 is 9.47 Å². The van der Waals surface area contributed by atoms with E-state index in [1.165, 1.54) is 22.3 Å². The summed E-state index contributed by atoms with van der Waals surface area (Å²) in [5, 5.41) is 0. The highest BCUT2D eigenvalue weighted by Gasteiger charge is 2.24. The molecule has 1 saturated heterocycles. The molecule has 0 amide bonds. The van der Waals surface area contributed by atoms with Gasteiger partial charge in [-0.2, -0.15) is 0 Å². The zero-order valence-corrected chi connectivity index (χ0v) is 18.9. The molecule has 29 heavy (non-hydrogen) atoms. The normalized spacial score (nSPS) is 20.1. The summed E-state index contributed by atoms with van der Waals surface area (Å²) >= 11 is 0. The fraction of sp³-hybridized carbons (Fsp3) is 0.560. The molecule has 0 spiro atoms. The van der Waals surface area contributed by atoms with Crippen molar-refractivity contribution in [3.8, 4) is 17.0 Å². The molecule has 0 N–H and O–H groups in total. The van der Waals surface area contributed by atoms with Crippen molar-refractivity contribution in [1.82, 2.24) is 9.88 Å². The highest BCUT2D eigenvalue weighted by atomic mass is 16.5. The Bertz CT molecular complexity index is 802. The van der Waals surface area contributed by atoms with Crippen LogP contribution in [0.3, 0.4) is 0 Å². The van der Waals surface area contributed by atoms with Crippen LogP contribution in [0.25, 0.3) is 11.3 Å². The van der Waals surface area contributed by atoms with Crippen LogP contribution >= 0.6 is 0 Å². The fourth-order valence-electron chi connectivity index (χ4n) is 4.48. The summed E-state index contributed by atoms with van der Waals surface area (Å²) in [4.78, 5) is 7.53. The van der Waals surface area contributed by atoms with Gasteiger partial charge in [0.05, 0.1) is 24.5 Å². The first-order valence-electron chi connectivity index (χ1n) is 11.1. The molecule has 3 rings (SSSR count). The molecule has 0 unspecified atom stereocenters. The lowest BCUT2D eigenvalue weighted by Crippen LogP contribution is -2.45. The topological polar surface area (TPSA) is 34.6 Å². The van der Waals surface area contributed by atoms with Crippen molar-refractivity contribution in [2.24, 2.45) is 0 Å². The third-order valence-corrected chi connectivity index (χ3v) is 5.72. The van der Waals surface area contributed by atoms with Crippen molar-refractivity contribution in [1.29, 1.82) is 0 Å². The standard InChI is InChI=1S/C25H36N2O2/c1-7-20-11-10-12-21(8-2)25(20)23-13-24(28-9-3)22(19(6)26-23)16-27-14-17(4)29-18(5)15-27/h10-13,17-18H,7-9,14-16H2,1-6H3/t17-,18+. The largest absolute Gasteiger partial charge is 0.493 e. The van der Waals surface area contributed by atoms with E-state index in [4.69, 9.17) is 14.5 Å². The van der Waals surface area contributed by atoms with E-state index < -0.39 is 0 Å². The summed E-state index contributed by atoms with van der Waals surface area (Å²) in [5.74, 6) is 0.967. The van der Waals surface area contributed by atoms with Crippen LogP contribution in [0.4, 0.5) is 0 Å². The monoisotopic (exact) mass is 396 g/mol. The fourth-order valence-corrected chi connectivity index (χ4v) is 4.48. The van der Waals surface area contributed by atoms with Crippen molar-refractivity contribution in [2.75, 3.05) is 19.7 Å². The number of aromatic nitrogens is 1. The number of nitrogens with zero attached hydrogens (tertiary/aromatic N) is 2. The van der Waals surface area contributed by atoms with Gasteiger partial charge in [-0.15, -0.1) is 0 Å². The quantitative estimate of drug-likeness (QED) is 0.645. The Kier molecular flexibility index (Phi) is 7.31. The van der Waals surface area contributed by atoms with Gasteiger partial charge in [0, 0.05) is 42.5 Å². The number of pyridine rings is 1. The first kappa shape index (κ1) is 21.8. The molecular weight excluding hydrogens is 360 g/mol. The zero-order valence-electron chi connectivity index (χ0n) is 18.9. The van der Waals surface area contributed by atoms with Gasteiger partial charge in [-0.3, -0.25) is 9.88 Å². The van der Waals surface area contributed by atoms with E-state index in [2.05, 4.69) is 70.7 Å². The van der Waals surface area contributed by atoms with Gasteiger partial charge >= 0.3 is 0 Å².